The van der Waals surface area contributed by atoms with Gasteiger partial charge < -0.3 is 5.32 Å². The number of fused-ring (bicyclic) bond motifs is 1. The zero-order valence-corrected chi connectivity index (χ0v) is 19.7. The number of carbonyl (C=O) groups is 1. The van der Waals surface area contributed by atoms with Crippen LogP contribution in [0.3, 0.4) is 0 Å². The van der Waals surface area contributed by atoms with Gasteiger partial charge in [0.05, 0.1) is 32.2 Å². The highest BCUT2D eigenvalue weighted by Crippen LogP contribution is 2.26. The summed E-state index contributed by atoms with van der Waals surface area (Å²) in [6.45, 7) is 1.68. The number of carbonyl (C=O) groups excluding carboxylic acids is 1. The molecule has 0 fully saturated rings. The summed E-state index contributed by atoms with van der Waals surface area (Å²) < 4.78 is 28.9. The van der Waals surface area contributed by atoms with Crippen LogP contribution in [0, 0.1) is 17.0 Å². The van der Waals surface area contributed by atoms with Crippen LogP contribution in [0.2, 0.25) is 0 Å². The quantitative estimate of drug-likeness (QED) is 0.217. The summed E-state index contributed by atoms with van der Waals surface area (Å²) in [6.07, 6.45) is 0. The van der Waals surface area contributed by atoms with Crippen LogP contribution >= 0.6 is 0 Å². The Bertz CT molecular complexity index is 1530. The third kappa shape index (κ3) is 5.03. The maximum Gasteiger partial charge on any atom is 0.270 e. The first kappa shape index (κ1) is 24.0. The molecule has 0 spiro atoms. The van der Waals surface area contributed by atoms with Crippen molar-refractivity contribution in [3.63, 3.8) is 0 Å². The number of amides is 1. The summed E-state index contributed by atoms with van der Waals surface area (Å²) in [4.78, 5) is 27.8. The van der Waals surface area contributed by atoms with Gasteiger partial charge in [0, 0.05) is 37.8 Å². The van der Waals surface area contributed by atoms with Gasteiger partial charge in [-0.2, -0.15) is 5.10 Å². The molecule has 2 aromatic carbocycles. The smallest absolute Gasteiger partial charge is 0.270 e. The second-order valence-corrected chi connectivity index (χ2v) is 9.50. The van der Waals surface area contributed by atoms with Crippen LogP contribution < -0.4 is 10.0 Å². The molecule has 4 aromatic rings. The van der Waals surface area contributed by atoms with E-state index in [1.54, 1.807) is 24.7 Å². The van der Waals surface area contributed by atoms with Crippen LogP contribution in [0.1, 0.15) is 16.1 Å². The number of nitrogens with zero attached hydrogens (tertiary/aromatic N) is 4. The zero-order valence-electron chi connectivity index (χ0n) is 18.9. The highest BCUT2D eigenvalue weighted by molar-refractivity contribution is 7.89. The van der Waals surface area contributed by atoms with E-state index in [-0.39, 0.29) is 23.7 Å². The largest absolute Gasteiger partial charge is 0.351 e. The summed E-state index contributed by atoms with van der Waals surface area (Å²) in [7, 11) is -2.24. The number of benzene rings is 2. The number of nitro benzene ring substituents is 1. The molecule has 0 saturated heterocycles. The molecule has 0 aliphatic carbocycles. The minimum absolute atomic E-state index is 0.00319. The lowest BCUT2D eigenvalue weighted by atomic mass is 10.0. The van der Waals surface area contributed by atoms with Gasteiger partial charge in [-0.15, -0.1) is 0 Å². The number of nitro groups is 1. The Labute approximate surface area is 201 Å². The van der Waals surface area contributed by atoms with E-state index < -0.39 is 20.9 Å². The number of pyridine rings is 1. The summed E-state index contributed by atoms with van der Waals surface area (Å²) in [5.74, 6) is -0.403. The van der Waals surface area contributed by atoms with E-state index in [9.17, 15) is 23.3 Å². The minimum Gasteiger partial charge on any atom is -0.351 e. The fourth-order valence-electron chi connectivity index (χ4n) is 3.68. The molecule has 12 heteroatoms. The molecule has 11 nitrogen and oxygen atoms in total. The summed E-state index contributed by atoms with van der Waals surface area (Å²) in [5.41, 5.74) is 2.70. The van der Waals surface area contributed by atoms with Crippen LogP contribution in [0.25, 0.3) is 22.3 Å². The molecule has 0 aliphatic heterocycles. The van der Waals surface area contributed by atoms with Crippen molar-refractivity contribution in [2.75, 3.05) is 13.1 Å². The lowest BCUT2D eigenvalue weighted by Crippen LogP contribution is -2.34. The molecule has 0 unspecified atom stereocenters. The molecular formula is C23H22N6O5S. The number of aryl methyl sites for hydroxylation is 2. The molecule has 180 valence electrons. The van der Waals surface area contributed by atoms with E-state index in [0.717, 1.165) is 11.6 Å². The number of sulfonamides is 1. The fraction of sp³-hybridized carbons (Fsp3) is 0.174. The molecule has 4 rings (SSSR count). The Kier molecular flexibility index (Phi) is 6.58. The van der Waals surface area contributed by atoms with Crippen LogP contribution in [0.4, 0.5) is 5.69 Å². The summed E-state index contributed by atoms with van der Waals surface area (Å²) in [5, 5.41) is 18.6. The van der Waals surface area contributed by atoms with Gasteiger partial charge in [0.1, 0.15) is 0 Å². The van der Waals surface area contributed by atoms with Gasteiger partial charge in [-0.05, 0) is 19.1 Å². The number of hydrogen-bond acceptors (Lipinski definition) is 7. The van der Waals surface area contributed by atoms with Crippen molar-refractivity contribution < 1.29 is 18.1 Å². The number of hydrogen-bond donors (Lipinski definition) is 2. The fourth-order valence-corrected chi connectivity index (χ4v) is 4.76. The molecule has 0 aliphatic rings. The molecule has 2 heterocycles. The van der Waals surface area contributed by atoms with E-state index in [0.29, 0.717) is 28.0 Å². The topological polar surface area (TPSA) is 149 Å². The number of rotatable bonds is 8. The second-order valence-electron chi connectivity index (χ2n) is 7.74. The predicted octanol–water partition coefficient (Wildman–Crippen LogP) is 2.56. The van der Waals surface area contributed by atoms with Crippen molar-refractivity contribution >= 4 is 32.7 Å². The van der Waals surface area contributed by atoms with E-state index >= 15 is 0 Å². The lowest BCUT2D eigenvalue weighted by Gasteiger charge is -2.10. The van der Waals surface area contributed by atoms with Crippen LogP contribution in [-0.2, 0) is 17.1 Å². The van der Waals surface area contributed by atoms with Crippen LogP contribution in [0.15, 0.2) is 65.6 Å². The molecule has 0 bridgehead atoms. The first-order chi connectivity index (χ1) is 16.7. The molecule has 1 amide bonds. The SMILES string of the molecule is Cc1nn(C)c2nc(-c3ccccc3)cc(C(=O)NCCNS(=O)(=O)c3cccc([N+](=O)[O-])c3)c12. The van der Waals surface area contributed by atoms with Crippen molar-refractivity contribution in [1.29, 1.82) is 0 Å². The Hall–Kier alpha value is -4.16. The average Bonchev–Trinajstić information content (AvgIpc) is 3.15. The zero-order chi connectivity index (χ0) is 25.2. The average molecular weight is 495 g/mol. The summed E-state index contributed by atoms with van der Waals surface area (Å²) >= 11 is 0. The second kappa shape index (κ2) is 9.60. The number of non-ortho nitro benzene ring substituents is 1. The van der Waals surface area contributed by atoms with Crippen molar-refractivity contribution in [3.8, 4) is 11.3 Å². The first-order valence-corrected chi connectivity index (χ1v) is 12.1. The third-order valence-electron chi connectivity index (χ3n) is 5.32. The monoisotopic (exact) mass is 494 g/mol. The lowest BCUT2D eigenvalue weighted by molar-refractivity contribution is -0.385. The van der Waals surface area contributed by atoms with E-state index in [1.165, 1.54) is 18.2 Å². The van der Waals surface area contributed by atoms with Crippen LogP contribution in [-0.4, -0.2) is 47.1 Å². The summed E-state index contributed by atoms with van der Waals surface area (Å²) in [6, 6.07) is 15.9. The van der Waals surface area contributed by atoms with E-state index in [1.807, 2.05) is 30.3 Å². The van der Waals surface area contributed by atoms with Gasteiger partial charge in [0.2, 0.25) is 10.0 Å². The maximum atomic E-state index is 13.1. The first-order valence-electron chi connectivity index (χ1n) is 10.6. The number of nitrogens with one attached hydrogen (secondary N) is 2. The standard InChI is InChI=1S/C23H22N6O5S/c1-15-21-19(14-20(16-7-4-3-5-8-16)26-22(21)28(2)27-15)23(30)24-11-12-25-35(33,34)18-10-6-9-17(13-18)29(31)32/h3-10,13-14,25H,11-12H2,1-2H3,(H,24,30). The molecule has 0 atom stereocenters. The van der Waals surface area contributed by atoms with Gasteiger partial charge >= 0.3 is 0 Å². The van der Waals surface area contributed by atoms with Gasteiger partial charge in [0.25, 0.3) is 11.6 Å². The van der Waals surface area contributed by atoms with E-state index in [2.05, 4.69) is 20.1 Å². The molecule has 0 radical (unpaired) electrons. The van der Waals surface area contributed by atoms with Crippen molar-refractivity contribution in [2.24, 2.45) is 7.05 Å². The van der Waals surface area contributed by atoms with Crippen molar-refractivity contribution in [3.05, 3.63) is 82.0 Å². The Balaban J connectivity index is 1.51. The number of aromatic nitrogens is 3. The normalized spacial score (nSPS) is 11.5. The maximum absolute atomic E-state index is 13.1. The Morgan fingerprint density at radius 2 is 1.83 bits per heavy atom. The van der Waals surface area contributed by atoms with Crippen LogP contribution in [0.5, 0.6) is 0 Å². The van der Waals surface area contributed by atoms with Crippen molar-refractivity contribution in [1.82, 2.24) is 24.8 Å². The highest BCUT2D eigenvalue weighted by Gasteiger charge is 2.20. The van der Waals surface area contributed by atoms with E-state index in [4.69, 9.17) is 0 Å². The van der Waals surface area contributed by atoms with Gasteiger partial charge in [-0.1, -0.05) is 36.4 Å². The molecule has 35 heavy (non-hydrogen) atoms. The molecule has 2 N–H and O–H groups in total. The molecular weight excluding hydrogens is 472 g/mol. The van der Waals surface area contributed by atoms with Gasteiger partial charge in [-0.3, -0.25) is 19.6 Å². The Morgan fingerprint density at radius 1 is 1.09 bits per heavy atom. The van der Waals surface area contributed by atoms with Gasteiger partial charge in [0.15, 0.2) is 5.65 Å². The molecule has 0 saturated carbocycles. The predicted molar refractivity (Wildman–Crippen MR) is 129 cm³/mol. The van der Waals surface area contributed by atoms with Crippen molar-refractivity contribution in [2.45, 2.75) is 11.8 Å². The Morgan fingerprint density at radius 3 is 2.54 bits per heavy atom. The third-order valence-corrected chi connectivity index (χ3v) is 6.78. The minimum atomic E-state index is -3.99. The molecule has 2 aromatic heterocycles. The van der Waals surface area contributed by atoms with Gasteiger partial charge in [-0.25, -0.2) is 18.1 Å². The highest BCUT2D eigenvalue weighted by atomic mass is 32.2.